The summed E-state index contributed by atoms with van der Waals surface area (Å²) in [5.74, 6) is 0. The molecule has 0 amide bonds. The molecule has 2 aromatic rings. The minimum absolute atomic E-state index is 0.150. The standard InChI is InChI=1S/C16H23BrN4/c1-16(2,10-21(3)4)9-20-15-12-7-11(17)5-6-14(12)19-8-13(15)18/h5-8H,9-10,18H2,1-4H3,(H,19,20). The van der Waals surface area contributed by atoms with Crippen LogP contribution < -0.4 is 11.1 Å². The predicted molar refractivity (Wildman–Crippen MR) is 94.7 cm³/mol. The molecule has 0 bridgehead atoms. The highest BCUT2D eigenvalue weighted by atomic mass is 79.9. The average Bonchev–Trinajstić information content (AvgIpc) is 2.35. The van der Waals surface area contributed by atoms with Crippen LogP contribution in [0.4, 0.5) is 11.4 Å². The lowest BCUT2D eigenvalue weighted by Crippen LogP contribution is -2.34. The van der Waals surface area contributed by atoms with Crippen LogP contribution in [0.15, 0.2) is 28.9 Å². The third kappa shape index (κ3) is 4.08. The van der Waals surface area contributed by atoms with Crippen LogP contribution in [0.3, 0.4) is 0 Å². The zero-order valence-electron chi connectivity index (χ0n) is 13.1. The molecule has 4 nitrogen and oxygen atoms in total. The topological polar surface area (TPSA) is 54.2 Å². The first-order valence-electron chi connectivity index (χ1n) is 7.01. The number of nitrogens with two attached hydrogens (primary N) is 1. The van der Waals surface area contributed by atoms with Crippen molar-refractivity contribution in [1.29, 1.82) is 0 Å². The van der Waals surface area contributed by atoms with Crippen LogP contribution in [-0.2, 0) is 0 Å². The lowest BCUT2D eigenvalue weighted by Gasteiger charge is -2.29. The molecule has 3 N–H and O–H groups in total. The SMILES string of the molecule is CN(C)CC(C)(C)CNc1c(N)cnc2ccc(Br)cc12. The van der Waals surface area contributed by atoms with E-state index in [1.807, 2.05) is 12.1 Å². The number of hydrogen-bond acceptors (Lipinski definition) is 4. The van der Waals surface area contributed by atoms with Gasteiger partial charge in [-0.05, 0) is 37.7 Å². The number of fused-ring (bicyclic) bond motifs is 1. The molecule has 5 heteroatoms. The molecule has 2 rings (SSSR count). The van der Waals surface area contributed by atoms with Gasteiger partial charge in [-0.1, -0.05) is 29.8 Å². The van der Waals surface area contributed by atoms with E-state index in [0.29, 0.717) is 5.69 Å². The van der Waals surface area contributed by atoms with Gasteiger partial charge in [-0.15, -0.1) is 0 Å². The Labute approximate surface area is 134 Å². The second-order valence-corrected chi connectivity index (χ2v) is 7.42. The minimum atomic E-state index is 0.150. The zero-order valence-corrected chi connectivity index (χ0v) is 14.7. The van der Waals surface area contributed by atoms with E-state index in [4.69, 9.17) is 5.73 Å². The number of anilines is 2. The summed E-state index contributed by atoms with van der Waals surface area (Å²) in [6.07, 6.45) is 1.72. The molecular weight excluding hydrogens is 328 g/mol. The maximum absolute atomic E-state index is 6.12. The number of nitrogens with one attached hydrogen (secondary N) is 1. The van der Waals surface area contributed by atoms with Gasteiger partial charge in [0.1, 0.15) is 0 Å². The van der Waals surface area contributed by atoms with E-state index >= 15 is 0 Å². The maximum atomic E-state index is 6.12. The Bertz CT molecular complexity index is 632. The van der Waals surface area contributed by atoms with Crippen molar-refractivity contribution in [2.75, 3.05) is 38.2 Å². The van der Waals surface area contributed by atoms with Gasteiger partial charge < -0.3 is 16.0 Å². The van der Waals surface area contributed by atoms with E-state index in [-0.39, 0.29) is 5.41 Å². The summed E-state index contributed by atoms with van der Waals surface area (Å²) in [4.78, 5) is 6.58. The molecular formula is C16H23BrN4. The Morgan fingerprint density at radius 2 is 2.05 bits per heavy atom. The van der Waals surface area contributed by atoms with Gasteiger partial charge in [-0.25, -0.2) is 0 Å². The van der Waals surface area contributed by atoms with Gasteiger partial charge >= 0.3 is 0 Å². The second kappa shape index (κ2) is 6.20. The van der Waals surface area contributed by atoms with Crippen molar-refractivity contribution in [3.63, 3.8) is 0 Å². The molecule has 1 aromatic heterocycles. The van der Waals surface area contributed by atoms with E-state index in [2.05, 4.69) is 65.1 Å². The molecule has 0 spiro atoms. The highest BCUT2D eigenvalue weighted by molar-refractivity contribution is 9.10. The van der Waals surface area contributed by atoms with Crippen LogP contribution >= 0.6 is 15.9 Å². The molecule has 0 radical (unpaired) electrons. The fraction of sp³-hybridized carbons (Fsp3) is 0.438. The first kappa shape index (κ1) is 16.0. The Morgan fingerprint density at radius 3 is 2.71 bits per heavy atom. The maximum Gasteiger partial charge on any atom is 0.0743 e. The normalized spacial score (nSPS) is 12.1. The summed E-state index contributed by atoms with van der Waals surface area (Å²) in [6.45, 7) is 6.35. The van der Waals surface area contributed by atoms with Crippen molar-refractivity contribution in [3.8, 4) is 0 Å². The summed E-state index contributed by atoms with van der Waals surface area (Å²) in [6, 6.07) is 6.04. The monoisotopic (exact) mass is 350 g/mol. The van der Waals surface area contributed by atoms with E-state index in [0.717, 1.165) is 34.2 Å². The molecule has 0 saturated heterocycles. The van der Waals surface area contributed by atoms with Crippen LogP contribution in [0, 0.1) is 5.41 Å². The molecule has 0 saturated carbocycles. The number of pyridine rings is 1. The van der Waals surface area contributed by atoms with Crippen LogP contribution in [-0.4, -0.2) is 37.1 Å². The highest BCUT2D eigenvalue weighted by Crippen LogP contribution is 2.31. The number of hydrogen-bond donors (Lipinski definition) is 2. The lowest BCUT2D eigenvalue weighted by atomic mass is 9.92. The number of aromatic nitrogens is 1. The van der Waals surface area contributed by atoms with Gasteiger partial charge in [0.25, 0.3) is 0 Å². The summed E-state index contributed by atoms with van der Waals surface area (Å²) in [5.41, 5.74) is 8.86. The lowest BCUT2D eigenvalue weighted by molar-refractivity contribution is 0.254. The zero-order chi connectivity index (χ0) is 15.6. The Hall–Kier alpha value is -1.33. The molecule has 1 aromatic carbocycles. The van der Waals surface area contributed by atoms with Gasteiger partial charge in [-0.2, -0.15) is 0 Å². The number of rotatable bonds is 5. The van der Waals surface area contributed by atoms with E-state index in [1.54, 1.807) is 6.20 Å². The Kier molecular flexibility index (Phi) is 4.74. The summed E-state index contributed by atoms with van der Waals surface area (Å²) >= 11 is 3.51. The summed E-state index contributed by atoms with van der Waals surface area (Å²) in [5, 5.41) is 4.56. The number of nitrogen functional groups attached to an aromatic ring is 1. The fourth-order valence-corrected chi connectivity index (χ4v) is 2.98. The summed E-state index contributed by atoms with van der Waals surface area (Å²) in [7, 11) is 4.18. The molecule has 0 aliphatic rings. The van der Waals surface area contributed by atoms with Crippen molar-refractivity contribution < 1.29 is 0 Å². The smallest absolute Gasteiger partial charge is 0.0743 e. The van der Waals surface area contributed by atoms with E-state index in [1.165, 1.54) is 0 Å². The van der Waals surface area contributed by atoms with Crippen molar-refractivity contribution in [2.45, 2.75) is 13.8 Å². The quantitative estimate of drug-likeness (QED) is 0.865. The molecule has 21 heavy (non-hydrogen) atoms. The Morgan fingerprint density at radius 1 is 1.33 bits per heavy atom. The molecule has 114 valence electrons. The second-order valence-electron chi connectivity index (χ2n) is 6.51. The largest absolute Gasteiger partial charge is 0.396 e. The number of nitrogens with zero attached hydrogens (tertiary/aromatic N) is 2. The molecule has 0 fully saturated rings. The third-order valence-corrected chi connectivity index (χ3v) is 3.84. The first-order valence-corrected chi connectivity index (χ1v) is 7.80. The van der Waals surface area contributed by atoms with E-state index < -0.39 is 0 Å². The first-order chi connectivity index (χ1) is 9.78. The van der Waals surface area contributed by atoms with Gasteiger partial charge in [-0.3, -0.25) is 4.98 Å². The predicted octanol–water partition coefficient (Wildman–Crippen LogP) is 3.58. The van der Waals surface area contributed by atoms with Gasteiger partial charge in [0.2, 0.25) is 0 Å². The van der Waals surface area contributed by atoms with Crippen molar-refractivity contribution in [2.24, 2.45) is 5.41 Å². The van der Waals surface area contributed by atoms with Crippen molar-refractivity contribution in [3.05, 3.63) is 28.9 Å². The van der Waals surface area contributed by atoms with E-state index in [9.17, 15) is 0 Å². The van der Waals surface area contributed by atoms with Gasteiger partial charge in [0.15, 0.2) is 0 Å². The van der Waals surface area contributed by atoms with Crippen molar-refractivity contribution >= 4 is 38.2 Å². The number of benzene rings is 1. The molecule has 1 heterocycles. The highest BCUT2D eigenvalue weighted by Gasteiger charge is 2.19. The number of halogens is 1. The fourth-order valence-electron chi connectivity index (χ4n) is 2.62. The van der Waals surface area contributed by atoms with Crippen molar-refractivity contribution in [1.82, 2.24) is 9.88 Å². The minimum Gasteiger partial charge on any atom is -0.396 e. The molecule has 0 aliphatic heterocycles. The van der Waals surface area contributed by atoms with Gasteiger partial charge in [0, 0.05) is 22.9 Å². The molecule has 0 atom stereocenters. The molecule has 0 aliphatic carbocycles. The van der Waals surface area contributed by atoms with Crippen LogP contribution in [0.2, 0.25) is 0 Å². The molecule has 0 unspecified atom stereocenters. The van der Waals surface area contributed by atoms with Gasteiger partial charge in [0.05, 0.1) is 23.1 Å². The van der Waals surface area contributed by atoms with Crippen LogP contribution in [0.5, 0.6) is 0 Å². The van der Waals surface area contributed by atoms with Crippen LogP contribution in [0.1, 0.15) is 13.8 Å². The third-order valence-electron chi connectivity index (χ3n) is 3.35. The summed E-state index contributed by atoms with van der Waals surface area (Å²) < 4.78 is 1.03. The Balaban J connectivity index is 2.29. The van der Waals surface area contributed by atoms with Crippen LogP contribution in [0.25, 0.3) is 10.9 Å². The average molecular weight is 351 g/mol.